The van der Waals surface area contributed by atoms with Gasteiger partial charge in [0.2, 0.25) is 0 Å². The van der Waals surface area contributed by atoms with Gasteiger partial charge in [-0.1, -0.05) is 24.3 Å². The molecule has 0 atom stereocenters. The van der Waals surface area contributed by atoms with E-state index in [1.54, 1.807) is 23.5 Å². The van der Waals surface area contributed by atoms with Crippen LogP contribution in [0.4, 0.5) is 5.69 Å². The minimum atomic E-state index is -0.319. The first-order chi connectivity index (χ1) is 9.74. The lowest BCUT2D eigenvalue weighted by Gasteiger charge is -2.08. The summed E-state index contributed by atoms with van der Waals surface area (Å²) in [6, 6.07) is 14.7. The van der Waals surface area contributed by atoms with Crippen molar-refractivity contribution in [3.8, 4) is 10.4 Å². The van der Waals surface area contributed by atoms with E-state index < -0.39 is 0 Å². The SMILES string of the molecule is O=C(Nc1ccccc1-c1cccs1)c1ccc(Cl)o1. The minimum Gasteiger partial charge on any atom is -0.440 e. The van der Waals surface area contributed by atoms with Gasteiger partial charge in [-0.05, 0) is 41.2 Å². The summed E-state index contributed by atoms with van der Waals surface area (Å²) in [4.78, 5) is 13.2. The van der Waals surface area contributed by atoms with Gasteiger partial charge < -0.3 is 9.73 Å². The van der Waals surface area contributed by atoms with E-state index in [-0.39, 0.29) is 16.9 Å². The molecular weight excluding hydrogens is 294 g/mol. The molecule has 0 aliphatic heterocycles. The molecule has 0 fully saturated rings. The Labute approximate surface area is 124 Å². The number of hydrogen-bond acceptors (Lipinski definition) is 3. The van der Waals surface area contributed by atoms with Gasteiger partial charge in [0.1, 0.15) is 0 Å². The van der Waals surface area contributed by atoms with Gasteiger partial charge in [0, 0.05) is 16.1 Å². The predicted octanol–water partition coefficient (Wildman–Crippen LogP) is 4.91. The number of carbonyl (C=O) groups excluding carboxylic acids is 1. The highest BCUT2D eigenvalue weighted by Crippen LogP contribution is 2.31. The maximum absolute atomic E-state index is 12.1. The number of amides is 1. The molecule has 2 heterocycles. The Kier molecular flexibility index (Phi) is 3.58. The molecular formula is C15H10ClNO2S. The quantitative estimate of drug-likeness (QED) is 0.746. The van der Waals surface area contributed by atoms with Crippen LogP contribution < -0.4 is 5.32 Å². The first-order valence-electron chi connectivity index (χ1n) is 5.93. The summed E-state index contributed by atoms with van der Waals surface area (Å²) in [5, 5.41) is 5.04. The Morgan fingerprint density at radius 2 is 1.95 bits per heavy atom. The van der Waals surface area contributed by atoms with Crippen LogP contribution in [0.1, 0.15) is 10.6 Å². The number of carbonyl (C=O) groups is 1. The van der Waals surface area contributed by atoms with Gasteiger partial charge in [-0.2, -0.15) is 0 Å². The predicted molar refractivity (Wildman–Crippen MR) is 81.4 cm³/mol. The van der Waals surface area contributed by atoms with Crippen molar-refractivity contribution < 1.29 is 9.21 Å². The maximum Gasteiger partial charge on any atom is 0.291 e. The van der Waals surface area contributed by atoms with Crippen molar-refractivity contribution in [1.29, 1.82) is 0 Å². The van der Waals surface area contributed by atoms with Crippen LogP contribution in [0.3, 0.4) is 0 Å². The Bertz CT molecular complexity index is 734. The van der Waals surface area contributed by atoms with Gasteiger partial charge in [-0.3, -0.25) is 4.79 Å². The summed E-state index contributed by atoms with van der Waals surface area (Å²) in [6.07, 6.45) is 0. The molecule has 20 heavy (non-hydrogen) atoms. The summed E-state index contributed by atoms with van der Waals surface area (Å²) in [5.41, 5.74) is 1.72. The Hall–Kier alpha value is -2.04. The lowest BCUT2D eigenvalue weighted by atomic mass is 10.1. The summed E-state index contributed by atoms with van der Waals surface area (Å²) in [7, 11) is 0. The molecule has 1 aromatic carbocycles. The Morgan fingerprint density at radius 3 is 2.65 bits per heavy atom. The Balaban J connectivity index is 1.90. The van der Waals surface area contributed by atoms with E-state index in [2.05, 4.69) is 5.32 Å². The van der Waals surface area contributed by atoms with Crippen molar-refractivity contribution in [3.05, 3.63) is 64.9 Å². The largest absolute Gasteiger partial charge is 0.440 e. The number of rotatable bonds is 3. The Morgan fingerprint density at radius 1 is 1.10 bits per heavy atom. The van der Waals surface area contributed by atoms with E-state index in [0.29, 0.717) is 0 Å². The van der Waals surface area contributed by atoms with Gasteiger partial charge in [-0.25, -0.2) is 0 Å². The molecule has 1 N–H and O–H groups in total. The van der Waals surface area contributed by atoms with E-state index in [1.165, 1.54) is 0 Å². The third kappa shape index (κ3) is 2.61. The van der Waals surface area contributed by atoms with Crippen LogP contribution in [0.25, 0.3) is 10.4 Å². The summed E-state index contributed by atoms with van der Waals surface area (Å²) in [5.74, 6) is -0.128. The molecule has 0 saturated heterocycles. The first kappa shape index (κ1) is 13.0. The number of furan rings is 1. The number of halogens is 1. The molecule has 0 radical (unpaired) electrons. The van der Waals surface area contributed by atoms with Crippen LogP contribution in [0, 0.1) is 0 Å². The van der Waals surface area contributed by atoms with Crippen LogP contribution in [0.15, 0.2) is 58.3 Å². The minimum absolute atomic E-state index is 0.191. The molecule has 0 saturated carbocycles. The van der Waals surface area contributed by atoms with Crippen molar-refractivity contribution in [2.45, 2.75) is 0 Å². The van der Waals surface area contributed by atoms with Crippen LogP contribution in [-0.4, -0.2) is 5.91 Å². The second-order valence-electron chi connectivity index (χ2n) is 4.08. The molecule has 1 amide bonds. The molecule has 3 nitrogen and oxygen atoms in total. The number of thiophene rings is 1. The zero-order valence-corrected chi connectivity index (χ0v) is 11.9. The fourth-order valence-electron chi connectivity index (χ4n) is 1.86. The average Bonchev–Trinajstić information content (AvgIpc) is 3.10. The fourth-order valence-corrected chi connectivity index (χ4v) is 2.77. The lowest BCUT2D eigenvalue weighted by Crippen LogP contribution is -2.11. The van der Waals surface area contributed by atoms with E-state index in [0.717, 1.165) is 16.1 Å². The fraction of sp³-hybridized carbons (Fsp3) is 0. The van der Waals surface area contributed by atoms with Crippen molar-refractivity contribution >= 4 is 34.5 Å². The smallest absolute Gasteiger partial charge is 0.291 e. The highest BCUT2D eigenvalue weighted by molar-refractivity contribution is 7.13. The number of anilines is 1. The van der Waals surface area contributed by atoms with E-state index in [4.69, 9.17) is 16.0 Å². The molecule has 100 valence electrons. The first-order valence-corrected chi connectivity index (χ1v) is 7.19. The highest BCUT2D eigenvalue weighted by atomic mass is 35.5. The van der Waals surface area contributed by atoms with Crippen molar-refractivity contribution in [2.75, 3.05) is 5.32 Å². The van der Waals surface area contributed by atoms with Gasteiger partial charge in [0.25, 0.3) is 5.91 Å². The molecule has 0 bridgehead atoms. The molecule has 0 spiro atoms. The van der Waals surface area contributed by atoms with E-state index in [9.17, 15) is 4.79 Å². The van der Waals surface area contributed by atoms with Crippen LogP contribution >= 0.6 is 22.9 Å². The third-order valence-electron chi connectivity index (χ3n) is 2.76. The number of para-hydroxylation sites is 1. The number of nitrogens with one attached hydrogen (secondary N) is 1. The monoisotopic (exact) mass is 303 g/mol. The van der Waals surface area contributed by atoms with Crippen molar-refractivity contribution in [1.82, 2.24) is 0 Å². The molecule has 2 aromatic heterocycles. The summed E-state index contributed by atoms with van der Waals surface area (Å²) < 4.78 is 5.10. The highest BCUT2D eigenvalue weighted by Gasteiger charge is 2.13. The van der Waals surface area contributed by atoms with Crippen LogP contribution in [0.2, 0.25) is 5.22 Å². The lowest BCUT2D eigenvalue weighted by molar-refractivity contribution is 0.0997. The third-order valence-corrected chi connectivity index (χ3v) is 3.87. The van der Waals surface area contributed by atoms with E-state index in [1.807, 2.05) is 41.8 Å². The van der Waals surface area contributed by atoms with Gasteiger partial charge in [0.05, 0.1) is 0 Å². The molecule has 5 heteroatoms. The topological polar surface area (TPSA) is 42.2 Å². The molecule has 0 unspecified atom stereocenters. The van der Waals surface area contributed by atoms with Crippen LogP contribution in [0.5, 0.6) is 0 Å². The van der Waals surface area contributed by atoms with Crippen molar-refractivity contribution in [3.63, 3.8) is 0 Å². The zero-order chi connectivity index (χ0) is 13.9. The zero-order valence-electron chi connectivity index (χ0n) is 10.3. The normalized spacial score (nSPS) is 10.4. The van der Waals surface area contributed by atoms with E-state index >= 15 is 0 Å². The molecule has 0 aliphatic rings. The number of hydrogen-bond donors (Lipinski definition) is 1. The van der Waals surface area contributed by atoms with Crippen molar-refractivity contribution in [2.24, 2.45) is 0 Å². The molecule has 0 aliphatic carbocycles. The maximum atomic E-state index is 12.1. The van der Waals surface area contributed by atoms with Crippen LogP contribution in [-0.2, 0) is 0 Å². The standard InChI is InChI=1S/C15H10ClNO2S/c16-14-8-7-12(19-14)15(18)17-11-5-2-1-4-10(11)13-6-3-9-20-13/h1-9H,(H,17,18). The van der Waals surface area contributed by atoms with Gasteiger partial charge in [0.15, 0.2) is 11.0 Å². The summed E-state index contributed by atoms with van der Waals surface area (Å²) >= 11 is 7.30. The average molecular weight is 304 g/mol. The second kappa shape index (κ2) is 5.53. The number of benzene rings is 1. The molecule has 3 aromatic rings. The van der Waals surface area contributed by atoms with Gasteiger partial charge in [-0.15, -0.1) is 11.3 Å². The van der Waals surface area contributed by atoms with Gasteiger partial charge >= 0.3 is 0 Å². The second-order valence-corrected chi connectivity index (χ2v) is 5.40. The summed E-state index contributed by atoms with van der Waals surface area (Å²) in [6.45, 7) is 0. The molecule has 3 rings (SSSR count).